The van der Waals surface area contributed by atoms with Gasteiger partial charge in [0.15, 0.2) is 18.1 Å². The molecule has 0 atom stereocenters. The molecule has 0 aliphatic rings. The van der Waals surface area contributed by atoms with E-state index in [4.69, 9.17) is 19.5 Å². The highest BCUT2D eigenvalue weighted by Crippen LogP contribution is 2.29. The van der Waals surface area contributed by atoms with Crippen molar-refractivity contribution in [2.75, 3.05) is 26.1 Å². The lowest BCUT2D eigenvalue weighted by Gasteiger charge is -2.10. The number of para-hydroxylation sites is 2. The topological polar surface area (TPSA) is 104 Å². The highest BCUT2D eigenvalue weighted by Gasteiger charge is 2.13. The molecule has 0 unspecified atom stereocenters. The van der Waals surface area contributed by atoms with Gasteiger partial charge in [-0.2, -0.15) is 10.5 Å². The fourth-order valence-corrected chi connectivity index (χ4v) is 2.26. The Morgan fingerprint density at radius 1 is 1.07 bits per heavy atom. The summed E-state index contributed by atoms with van der Waals surface area (Å²) in [5.74, 6) is 0.712. The summed E-state index contributed by atoms with van der Waals surface area (Å²) in [6.45, 7) is -0.115. The molecule has 0 aromatic heterocycles. The maximum Gasteiger partial charge on any atom is 0.266 e. The largest absolute Gasteiger partial charge is 0.495 e. The second-order valence-corrected chi connectivity index (χ2v) is 5.18. The minimum Gasteiger partial charge on any atom is -0.495 e. The Morgan fingerprint density at radius 2 is 1.81 bits per heavy atom. The Bertz CT molecular complexity index is 939. The van der Waals surface area contributed by atoms with Crippen molar-refractivity contribution in [1.82, 2.24) is 0 Å². The smallest absolute Gasteiger partial charge is 0.266 e. The van der Waals surface area contributed by atoms with Crippen molar-refractivity contribution in [3.63, 3.8) is 0 Å². The molecule has 0 aliphatic heterocycles. The van der Waals surface area contributed by atoms with Crippen molar-refractivity contribution in [3.05, 3.63) is 53.6 Å². The van der Waals surface area contributed by atoms with Crippen LogP contribution in [-0.2, 0) is 4.79 Å². The Morgan fingerprint density at radius 3 is 2.48 bits per heavy atom. The monoisotopic (exact) mass is 363 g/mol. The van der Waals surface area contributed by atoms with Crippen LogP contribution in [0.5, 0.6) is 17.2 Å². The number of benzene rings is 2. The number of anilines is 1. The van der Waals surface area contributed by atoms with Gasteiger partial charge < -0.3 is 19.5 Å². The maximum absolute atomic E-state index is 12.4. The molecule has 2 aromatic rings. The molecule has 136 valence electrons. The Balaban J connectivity index is 2.26. The zero-order valence-electron chi connectivity index (χ0n) is 14.9. The first-order valence-corrected chi connectivity index (χ1v) is 7.87. The summed E-state index contributed by atoms with van der Waals surface area (Å²) in [6, 6.07) is 15.5. The number of nitrogens with zero attached hydrogens (tertiary/aromatic N) is 2. The van der Waals surface area contributed by atoms with Crippen LogP contribution in [0.15, 0.2) is 48.0 Å². The van der Waals surface area contributed by atoms with Gasteiger partial charge in [-0.05, 0) is 35.9 Å². The predicted molar refractivity (Wildman–Crippen MR) is 99.3 cm³/mol. The summed E-state index contributed by atoms with van der Waals surface area (Å²) >= 11 is 0. The van der Waals surface area contributed by atoms with Crippen molar-refractivity contribution < 1.29 is 19.0 Å². The van der Waals surface area contributed by atoms with Crippen LogP contribution in [0.2, 0.25) is 0 Å². The average molecular weight is 363 g/mol. The van der Waals surface area contributed by atoms with Gasteiger partial charge in [0.2, 0.25) is 0 Å². The molecule has 2 rings (SSSR count). The zero-order valence-corrected chi connectivity index (χ0v) is 14.9. The quantitative estimate of drug-likeness (QED) is 0.598. The minimum absolute atomic E-state index is 0.0892. The molecule has 0 spiro atoms. The predicted octanol–water partition coefficient (Wildman–Crippen LogP) is 3.15. The third-order valence-electron chi connectivity index (χ3n) is 3.51. The first-order chi connectivity index (χ1) is 13.1. The molecule has 27 heavy (non-hydrogen) atoms. The molecule has 1 N–H and O–H groups in total. The number of carbonyl (C=O) groups is 1. The van der Waals surface area contributed by atoms with Gasteiger partial charge in [0, 0.05) is 0 Å². The molecule has 0 saturated carbocycles. The molecule has 0 fully saturated rings. The van der Waals surface area contributed by atoms with Crippen molar-refractivity contribution in [2.24, 2.45) is 0 Å². The van der Waals surface area contributed by atoms with Gasteiger partial charge in [-0.25, -0.2) is 0 Å². The number of ether oxygens (including phenoxy) is 3. The van der Waals surface area contributed by atoms with E-state index in [9.17, 15) is 10.1 Å². The molecule has 2 aromatic carbocycles. The van der Waals surface area contributed by atoms with E-state index in [1.54, 1.807) is 42.5 Å². The van der Waals surface area contributed by atoms with Crippen LogP contribution in [0.1, 0.15) is 5.56 Å². The number of hydrogen-bond donors (Lipinski definition) is 1. The van der Waals surface area contributed by atoms with Gasteiger partial charge in [0.1, 0.15) is 23.5 Å². The molecule has 0 heterocycles. The normalized spacial score (nSPS) is 10.3. The Labute approximate surface area is 157 Å². The standard InChI is InChI=1S/C20H17N3O4/c1-25-17-6-4-3-5-16(17)23-20(24)15(13-22)11-14-7-8-18(27-10-9-21)19(12-14)26-2/h3-8,11-12H,10H2,1-2H3,(H,23,24)/b15-11+. The molecule has 7 heteroatoms. The summed E-state index contributed by atoms with van der Waals surface area (Å²) in [5.41, 5.74) is 0.945. The van der Waals surface area contributed by atoms with Gasteiger partial charge in [0.05, 0.1) is 19.9 Å². The molecular formula is C20H17N3O4. The number of methoxy groups -OCH3 is 2. The lowest BCUT2D eigenvalue weighted by atomic mass is 10.1. The van der Waals surface area contributed by atoms with Crippen LogP contribution >= 0.6 is 0 Å². The minimum atomic E-state index is -0.564. The molecule has 0 saturated heterocycles. The van der Waals surface area contributed by atoms with Crippen LogP contribution in [0, 0.1) is 22.7 Å². The van der Waals surface area contributed by atoms with E-state index >= 15 is 0 Å². The van der Waals surface area contributed by atoms with Crippen LogP contribution in [0.25, 0.3) is 6.08 Å². The van der Waals surface area contributed by atoms with Crippen LogP contribution in [0.3, 0.4) is 0 Å². The second kappa shape index (κ2) is 9.50. The fraction of sp³-hybridized carbons (Fsp3) is 0.150. The van der Waals surface area contributed by atoms with Gasteiger partial charge in [-0.1, -0.05) is 18.2 Å². The van der Waals surface area contributed by atoms with Crippen LogP contribution < -0.4 is 19.5 Å². The number of amides is 1. The maximum atomic E-state index is 12.4. The highest BCUT2D eigenvalue weighted by atomic mass is 16.5. The molecule has 0 radical (unpaired) electrons. The van der Waals surface area contributed by atoms with Crippen LogP contribution in [-0.4, -0.2) is 26.7 Å². The number of carbonyl (C=O) groups excluding carboxylic acids is 1. The zero-order chi connectivity index (χ0) is 19.6. The van der Waals surface area contributed by atoms with E-state index in [1.165, 1.54) is 20.3 Å². The SMILES string of the molecule is COc1ccccc1NC(=O)/C(C#N)=C/c1ccc(OCC#N)c(OC)c1. The third-order valence-corrected chi connectivity index (χ3v) is 3.51. The van der Waals surface area contributed by atoms with E-state index in [1.807, 2.05) is 12.1 Å². The van der Waals surface area contributed by atoms with E-state index < -0.39 is 5.91 Å². The fourth-order valence-electron chi connectivity index (χ4n) is 2.26. The number of hydrogen-bond acceptors (Lipinski definition) is 6. The molecule has 0 bridgehead atoms. The number of rotatable bonds is 7. The molecule has 0 aliphatic carbocycles. The van der Waals surface area contributed by atoms with Gasteiger partial charge >= 0.3 is 0 Å². The Hall–Kier alpha value is -3.97. The molecule has 7 nitrogen and oxygen atoms in total. The first kappa shape index (κ1) is 19.4. The molecular weight excluding hydrogens is 346 g/mol. The third kappa shape index (κ3) is 5.00. The van der Waals surface area contributed by atoms with Crippen LogP contribution in [0.4, 0.5) is 5.69 Å². The van der Waals surface area contributed by atoms with Gasteiger partial charge in [-0.15, -0.1) is 0 Å². The summed E-state index contributed by atoms with van der Waals surface area (Å²) in [7, 11) is 2.95. The summed E-state index contributed by atoms with van der Waals surface area (Å²) < 4.78 is 15.7. The van der Waals surface area contributed by atoms with E-state index in [0.717, 1.165) is 0 Å². The van der Waals surface area contributed by atoms with Gasteiger partial charge in [0.25, 0.3) is 5.91 Å². The van der Waals surface area contributed by atoms with E-state index in [2.05, 4.69) is 5.32 Å². The summed E-state index contributed by atoms with van der Waals surface area (Å²) in [5, 5.41) is 20.6. The average Bonchev–Trinajstić information content (AvgIpc) is 2.71. The lowest BCUT2D eigenvalue weighted by Crippen LogP contribution is -2.14. The Kier molecular flexibility index (Phi) is 6.81. The number of nitrogens with one attached hydrogen (secondary N) is 1. The van der Waals surface area contributed by atoms with Gasteiger partial charge in [-0.3, -0.25) is 4.79 Å². The second-order valence-electron chi connectivity index (χ2n) is 5.18. The van der Waals surface area contributed by atoms with Crippen molar-refractivity contribution in [1.29, 1.82) is 10.5 Å². The van der Waals surface area contributed by atoms with Crippen molar-refractivity contribution in [2.45, 2.75) is 0 Å². The van der Waals surface area contributed by atoms with Crippen molar-refractivity contribution in [3.8, 4) is 29.4 Å². The molecule has 1 amide bonds. The first-order valence-electron chi connectivity index (χ1n) is 7.87. The summed E-state index contributed by atoms with van der Waals surface area (Å²) in [6.07, 6.45) is 1.43. The summed E-state index contributed by atoms with van der Waals surface area (Å²) in [4.78, 5) is 12.4. The highest BCUT2D eigenvalue weighted by molar-refractivity contribution is 6.10. The van der Waals surface area contributed by atoms with E-state index in [0.29, 0.717) is 28.5 Å². The number of nitriles is 2. The van der Waals surface area contributed by atoms with E-state index in [-0.39, 0.29) is 12.2 Å². The van der Waals surface area contributed by atoms with Crippen molar-refractivity contribution >= 4 is 17.7 Å². The lowest BCUT2D eigenvalue weighted by molar-refractivity contribution is -0.112.